The van der Waals surface area contributed by atoms with Crippen molar-refractivity contribution in [1.29, 1.82) is 0 Å². The predicted octanol–water partition coefficient (Wildman–Crippen LogP) is 1.63. The van der Waals surface area contributed by atoms with Gasteiger partial charge in [-0.05, 0) is 44.5 Å². The van der Waals surface area contributed by atoms with Gasteiger partial charge in [0.15, 0.2) is 11.5 Å². The molecule has 1 aliphatic rings. The van der Waals surface area contributed by atoms with Crippen molar-refractivity contribution in [3.63, 3.8) is 0 Å². The lowest BCUT2D eigenvalue weighted by Gasteiger charge is -2.12. The van der Waals surface area contributed by atoms with E-state index in [4.69, 9.17) is 0 Å². The Bertz CT molecular complexity index is 497. The highest BCUT2D eigenvalue weighted by molar-refractivity contribution is 5.39. The van der Waals surface area contributed by atoms with Crippen molar-refractivity contribution in [3.05, 3.63) is 29.7 Å². The third kappa shape index (κ3) is 1.69. The monoisotopic (exact) mass is 216 g/mol. The molecule has 2 aromatic rings. The van der Waals surface area contributed by atoms with Crippen LogP contribution in [0, 0.1) is 6.92 Å². The maximum absolute atomic E-state index is 4.27. The lowest BCUT2D eigenvalue weighted by molar-refractivity contribution is 0.321. The molecule has 0 amide bonds. The lowest BCUT2D eigenvalue weighted by atomic mass is 10.3. The van der Waals surface area contributed by atoms with Crippen molar-refractivity contribution in [2.75, 3.05) is 13.1 Å². The summed E-state index contributed by atoms with van der Waals surface area (Å²) in [4.78, 5) is 2.44. The fraction of sp³-hybridized carbons (Fsp3) is 0.500. The number of hydrogen-bond donors (Lipinski definition) is 0. The highest BCUT2D eigenvalue weighted by atomic mass is 15.3. The zero-order chi connectivity index (χ0) is 11.0. The Balaban J connectivity index is 1.93. The molecule has 0 saturated carbocycles. The van der Waals surface area contributed by atoms with Gasteiger partial charge >= 0.3 is 0 Å². The topological polar surface area (TPSA) is 33.4 Å². The lowest BCUT2D eigenvalue weighted by Crippen LogP contribution is -2.20. The number of aryl methyl sites for hydroxylation is 1. The van der Waals surface area contributed by atoms with Crippen LogP contribution in [0.2, 0.25) is 0 Å². The number of pyridine rings is 1. The van der Waals surface area contributed by atoms with Gasteiger partial charge in [-0.25, -0.2) is 0 Å². The third-order valence-electron chi connectivity index (χ3n) is 3.18. The van der Waals surface area contributed by atoms with Gasteiger partial charge in [0.2, 0.25) is 0 Å². The van der Waals surface area contributed by atoms with Gasteiger partial charge in [-0.3, -0.25) is 9.30 Å². The average Bonchev–Trinajstić information content (AvgIpc) is 2.90. The van der Waals surface area contributed by atoms with Gasteiger partial charge in [-0.15, -0.1) is 10.2 Å². The van der Waals surface area contributed by atoms with Crippen LogP contribution < -0.4 is 0 Å². The summed E-state index contributed by atoms with van der Waals surface area (Å²) in [6.45, 7) is 5.41. The summed E-state index contributed by atoms with van der Waals surface area (Å²) in [5.74, 6) is 1.06. The molecule has 84 valence electrons. The van der Waals surface area contributed by atoms with Crippen molar-refractivity contribution >= 4 is 5.65 Å². The van der Waals surface area contributed by atoms with Gasteiger partial charge in [-0.1, -0.05) is 6.07 Å². The molecule has 0 aromatic carbocycles. The van der Waals surface area contributed by atoms with E-state index in [-0.39, 0.29) is 0 Å². The molecular formula is C12H16N4. The molecule has 0 radical (unpaired) electrons. The van der Waals surface area contributed by atoms with Gasteiger partial charge in [0.1, 0.15) is 0 Å². The second-order valence-electron chi connectivity index (χ2n) is 4.53. The molecule has 3 heterocycles. The second kappa shape index (κ2) is 3.87. The Morgan fingerprint density at radius 1 is 1.19 bits per heavy atom. The minimum atomic E-state index is 0.921. The van der Waals surface area contributed by atoms with E-state index in [1.54, 1.807) is 0 Å². The summed E-state index contributed by atoms with van der Waals surface area (Å²) in [7, 11) is 0. The summed E-state index contributed by atoms with van der Waals surface area (Å²) in [6, 6.07) is 4.10. The minimum Gasteiger partial charge on any atom is -0.296 e. The van der Waals surface area contributed by atoms with E-state index in [0.717, 1.165) is 18.0 Å². The van der Waals surface area contributed by atoms with E-state index in [2.05, 4.69) is 38.7 Å². The third-order valence-corrected chi connectivity index (χ3v) is 3.18. The van der Waals surface area contributed by atoms with Crippen LogP contribution in [0.4, 0.5) is 0 Å². The maximum atomic E-state index is 4.27. The molecule has 0 unspecified atom stereocenters. The zero-order valence-corrected chi connectivity index (χ0v) is 9.56. The van der Waals surface area contributed by atoms with E-state index >= 15 is 0 Å². The van der Waals surface area contributed by atoms with E-state index in [9.17, 15) is 0 Å². The Morgan fingerprint density at radius 3 is 2.81 bits per heavy atom. The molecule has 1 saturated heterocycles. The van der Waals surface area contributed by atoms with Crippen LogP contribution in [0.1, 0.15) is 24.2 Å². The Kier molecular flexibility index (Phi) is 2.36. The van der Waals surface area contributed by atoms with Gasteiger partial charge < -0.3 is 0 Å². The van der Waals surface area contributed by atoms with Crippen molar-refractivity contribution < 1.29 is 0 Å². The molecule has 16 heavy (non-hydrogen) atoms. The molecular weight excluding hydrogens is 200 g/mol. The predicted molar refractivity (Wildman–Crippen MR) is 62.2 cm³/mol. The second-order valence-corrected chi connectivity index (χ2v) is 4.53. The van der Waals surface area contributed by atoms with Gasteiger partial charge in [0.25, 0.3) is 0 Å². The Hall–Kier alpha value is -1.42. The van der Waals surface area contributed by atoms with Crippen LogP contribution in [0.5, 0.6) is 0 Å². The fourth-order valence-corrected chi connectivity index (χ4v) is 2.29. The van der Waals surface area contributed by atoms with Crippen LogP contribution in [0.25, 0.3) is 5.65 Å². The SMILES string of the molecule is Cc1ccc2nnc(CN3CCCC3)n2c1. The summed E-state index contributed by atoms with van der Waals surface area (Å²) in [5.41, 5.74) is 2.19. The number of hydrogen-bond acceptors (Lipinski definition) is 3. The van der Waals surface area contributed by atoms with Crippen LogP contribution in [0.3, 0.4) is 0 Å². The number of aromatic nitrogens is 3. The first-order chi connectivity index (χ1) is 7.83. The molecule has 0 aliphatic carbocycles. The van der Waals surface area contributed by atoms with Crippen LogP contribution in [-0.4, -0.2) is 32.6 Å². The maximum Gasteiger partial charge on any atom is 0.160 e. The van der Waals surface area contributed by atoms with Crippen molar-refractivity contribution in [2.24, 2.45) is 0 Å². The first-order valence-electron chi connectivity index (χ1n) is 5.85. The molecule has 4 heteroatoms. The molecule has 4 nitrogen and oxygen atoms in total. The molecule has 0 N–H and O–H groups in total. The van der Waals surface area contributed by atoms with E-state index in [1.165, 1.54) is 31.5 Å². The Morgan fingerprint density at radius 2 is 2.00 bits per heavy atom. The zero-order valence-electron chi connectivity index (χ0n) is 9.56. The normalized spacial score (nSPS) is 17.3. The van der Waals surface area contributed by atoms with E-state index < -0.39 is 0 Å². The quantitative estimate of drug-likeness (QED) is 0.765. The number of likely N-dealkylation sites (tertiary alicyclic amines) is 1. The molecule has 3 rings (SSSR count). The molecule has 1 aliphatic heterocycles. The van der Waals surface area contributed by atoms with Gasteiger partial charge in [-0.2, -0.15) is 0 Å². The minimum absolute atomic E-state index is 0.921. The number of rotatable bonds is 2. The van der Waals surface area contributed by atoms with Crippen LogP contribution in [-0.2, 0) is 6.54 Å². The van der Waals surface area contributed by atoms with Crippen molar-refractivity contribution in [3.8, 4) is 0 Å². The first kappa shape index (κ1) is 9.78. The highest BCUT2D eigenvalue weighted by Crippen LogP contribution is 2.13. The van der Waals surface area contributed by atoms with Gasteiger partial charge in [0, 0.05) is 6.20 Å². The van der Waals surface area contributed by atoms with Crippen LogP contribution in [0.15, 0.2) is 18.3 Å². The summed E-state index contributed by atoms with van der Waals surface area (Å²) < 4.78 is 2.10. The molecule has 2 aromatic heterocycles. The largest absolute Gasteiger partial charge is 0.296 e. The molecule has 0 spiro atoms. The van der Waals surface area contributed by atoms with Crippen molar-refractivity contribution in [1.82, 2.24) is 19.5 Å². The number of fused-ring (bicyclic) bond motifs is 1. The summed E-state index contributed by atoms with van der Waals surface area (Å²) in [5, 5.41) is 8.46. The van der Waals surface area contributed by atoms with Crippen LogP contribution >= 0.6 is 0 Å². The average molecular weight is 216 g/mol. The first-order valence-corrected chi connectivity index (χ1v) is 5.85. The smallest absolute Gasteiger partial charge is 0.160 e. The standard InChI is InChI=1S/C12H16N4/c1-10-4-5-11-13-14-12(16(11)8-10)9-15-6-2-3-7-15/h4-5,8H,2-3,6-7,9H2,1H3. The van der Waals surface area contributed by atoms with Gasteiger partial charge in [0.05, 0.1) is 6.54 Å². The highest BCUT2D eigenvalue weighted by Gasteiger charge is 2.14. The summed E-state index contributed by atoms with van der Waals surface area (Å²) in [6.07, 6.45) is 4.74. The fourth-order valence-electron chi connectivity index (χ4n) is 2.29. The molecule has 0 atom stereocenters. The molecule has 0 bridgehead atoms. The Labute approximate surface area is 94.9 Å². The van der Waals surface area contributed by atoms with E-state index in [1.807, 2.05) is 6.07 Å². The number of nitrogens with zero attached hydrogens (tertiary/aromatic N) is 4. The van der Waals surface area contributed by atoms with E-state index in [0.29, 0.717) is 0 Å². The molecule has 1 fully saturated rings. The summed E-state index contributed by atoms with van der Waals surface area (Å²) >= 11 is 0. The van der Waals surface area contributed by atoms with Crippen molar-refractivity contribution in [2.45, 2.75) is 26.3 Å².